The summed E-state index contributed by atoms with van der Waals surface area (Å²) < 4.78 is 13.7. The molecule has 1 aromatic carbocycles. The molecule has 4 heteroatoms. The summed E-state index contributed by atoms with van der Waals surface area (Å²) in [6.07, 6.45) is 2.78. The van der Waals surface area contributed by atoms with Crippen molar-refractivity contribution in [2.24, 2.45) is 4.99 Å². The van der Waals surface area contributed by atoms with E-state index in [-0.39, 0.29) is 17.9 Å². The highest BCUT2D eigenvalue weighted by atomic mass is 19.1. The number of nitrogens with one attached hydrogen (secondary N) is 2. The van der Waals surface area contributed by atoms with Gasteiger partial charge in [-0.05, 0) is 19.0 Å². The predicted molar refractivity (Wildman–Crippen MR) is 61.0 cm³/mol. The minimum Gasteiger partial charge on any atom is -0.371 e. The van der Waals surface area contributed by atoms with Gasteiger partial charge in [-0.1, -0.05) is 18.2 Å². The first-order valence-electron chi connectivity index (χ1n) is 5.62. The van der Waals surface area contributed by atoms with Crippen molar-refractivity contribution in [1.82, 2.24) is 10.6 Å². The van der Waals surface area contributed by atoms with Crippen molar-refractivity contribution in [1.29, 1.82) is 0 Å². The third-order valence-corrected chi connectivity index (χ3v) is 3.35. The smallest absolute Gasteiger partial charge is 0.128 e. The van der Waals surface area contributed by atoms with Gasteiger partial charge in [-0.3, -0.25) is 4.99 Å². The number of nitrogens with zero attached hydrogens (tertiary/aromatic N) is 1. The lowest BCUT2D eigenvalue weighted by atomic mass is 9.89. The SMILES string of the molecule is Fc1ccccc1[C@@H]1NCC[C@H]2NC=N[C@@H]21. The van der Waals surface area contributed by atoms with E-state index >= 15 is 0 Å². The molecule has 2 heterocycles. The number of rotatable bonds is 1. The van der Waals surface area contributed by atoms with Crippen molar-refractivity contribution in [2.75, 3.05) is 6.54 Å². The van der Waals surface area contributed by atoms with Crippen LogP contribution < -0.4 is 10.6 Å². The third kappa shape index (κ3) is 1.50. The van der Waals surface area contributed by atoms with Crippen LogP contribution in [0.1, 0.15) is 18.0 Å². The van der Waals surface area contributed by atoms with Crippen molar-refractivity contribution in [3.05, 3.63) is 35.6 Å². The maximum atomic E-state index is 13.7. The number of piperidine rings is 1. The molecule has 0 bridgehead atoms. The number of hydrogen-bond acceptors (Lipinski definition) is 3. The normalized spacial score (nSPS) is 32.2. The molecule has 3 atom stereocenters. The molecule has 1 fully saturated rings. The van der Waals surface area contributed by atoms with E-state index in [1.165, 1.54) is 6.07 Å². The summed E-state index contributed by atoms with van der Waals surface area (Å²) in [7, 11) is 0. The number of hydrogen-bond donors (Lipinski definition) is 2. The van der Waals surface area contributed by atoms with Crippen molar-refractivity contribution in [3.63, 3.8) is 0 Å². The largest absolute Gasteiger partial charge is 0.371 e. The number of benzene rings is 1. The minimum atomic E-state index is -0.150. The lowest BCUT2D eigenvalue weighted by Gasteiger charge is -2.33. The fourth-order valence-corrected chi connectivity index (χ4v) is 2.54. The molecule has 0 aromatic heterocycles. The second kappa shape index (κ2) is 3.87. The standard InChI is InChI=1S/C12H14FN3/c13-9-4-2-1-3-8(9)11-12-10(5-6-14-11)15-7-16-12/h1-4,7,10-12,14H,5-6H2,(H,15,16)/t10-,11+,12+/m1/s1. The molecule has 2 N–H and O–H groups in total. The highest BCUT2D eigenvalue weighted by Crippen LogP contribution is 2.29. The number of aliphatic imine (C=N–C) groups is 1. The van der Waals surface area contributed by atoms with Gasteiger partial charge < -0.3 is 10.6 Å². The summed E-state index contributed by atoms with van der Waals surface area (Å²) in [6.45, 7) is 0.899. The van der Waals surface area contributed by atoms with E-state index in [0.29, 0.717) is 6.04 Å². The molecule has 0 radical (unpaired) electrons. The molecular weight excluding hydrogens is 205 g/mol. The molecule has 2 aliphatic rings. The average Bonchev–Trinajstić information content (AvgIpc) is 2.77. The van der Waals surface area contributed by atoms with Gasteiger partial charge in [0.15, 0.2) is 0 Å². The Balaban J connectivity index is 1.94. The van der Waals surface area contributed by atoms with Gasteiger partial charge in [0.05, 0.1) is 24.5 Å². The summed E-state index contributed by atoms with van der Waals surface area (Å²) in [4.78, 5) is 4.39. The van der Waals surface area contributed by atoms with Crippen LogP contribution in [-0.2, 0) is 0 Å². The molecule has 0 amide bonds. The van der Waals surface area contributed by atoms with Crippen LogP contribution in [0.4, 0.5) is 4.39 Å². The van der Waals surface area contributed by atoms with Crippen LogP contribution in [0.2, 0.25) is 0 Å². The van der Waals surface area contributed by atoms with Gasteiger partial charge in [0, 0.05) is 5.56 Å². The van der Waals surface area contributed by atoms with Gasteiger partial charge in [0.25, 0.3) is 0 Å². The molecule has 0 saturated carbocycles. The molecule has 2 aliphatic heterocycles. The zero-order valence-electron chi connectivity index (χ0n) is 8.86. The second-order valence-electron chi connectivity index (χ2n) is 4.28. The molecule has 84 valence electrons. The Labute approximate surface area is 93.8 Å². The Morgan fingerprint density at radius 2 is 2.19 bits per heavy atom. The summed E-state index contributed by atoms with van der Waals surface area (Å²) in [5, 5.41) is 6.58. The van der Waals surface area contributed by atoms with Crippen molar-refractivity contribution in [3.8, 4) is 0 Å². The van der Waals surface area contributed by atoms with E-state index in [1.54, 1.807) is 12.4 Å². The number of fused-ring (bicyclic) bond motifs is 1. The highest BCUT2D eigenvalue weighted by Gasteiger charge is 2.36. The fraction of sp³-hybridized carbons (Fsp3) is 0.417. The fourth-order valence-electron chi connectivity index (χ4n) is 2.54. The van der Waals surface area contributed by atoms with Crippen LogP contribution >= 0.6 is 0 Å². The summed E-state index contributed by atoms with van der Waals surface area (Å²) >= 11 is 0. The van der Waals surface area contributed by atoms with Gasteiger partial charge >= 0.3 is 0 Å². The average molecular weight is 219 g/mol. The molecule has 0 aliphatic carbocycles. The van der Waals surface area contributed by atoms with E-state index in [4.69, 9.17) is 0 Å². The molecule has 1 aromatic rings. The molecule has 3 rings (SSSR count). The maximum Gasteiger partial charge on any atom is 0.128 e. The molecule has 1 saturated heterocycles. The van der Waals surface area contributed by atoms with Crippen LogP contribution in [0.3, 0.4) is 0 Å². The zero-order chi connectivity index (χ0) is 11.0. The summed E-state index contributed by atoms with van der Waals surface area (Å²) in [5.41, 5.74) is 0.720. The topological polar surface area (TPSA) is 36.4 Å². The van der Waals surface area contributed by atoms with Gasteiger partial charge in [-0.2, -0.15) is 0 Å². The highest BCUT2D eigenvalue weighted by molar-refractivity contribution is 5.59. The Bertz CT molecular complexity index is 418. The van der Waals surface area contributed by atoms with Crippen LogP contribution in [0.15, 0.2) is 29.3 Å². The summed E-state index contributed by atoms with van der Waals surface area (Å²) in [6, 6.07) is 7.39. The minimum absolute atomic E-state index is 0.00815. The first kappa shape index (κ1) is 9.78. The Kier molecular flexibility index (Phi) is 2.36. The summed E-state index contributed by atoms with van der Waals surface area (Å²) in [5.74, 6) is -0.150. The molecule has 0 spiro atoms. The van der Waals surface area contributed by atoms with Crippen LogP contribution in [0.5, 0.6) is 0 Å². The molecule has 3 nitrogen and oxygen atoms in total. The van der Waals surface area contributed by atoms with E-state index in [0.717, 1.165) is 18.5 Å². The monoisotopic (exact) mass is 219 g/mol. The Morgan fingerprint density at radius 3 is 3.06 bits per heavy atom. The van der Waals surface area contributed by atoms with Gasteiger partial charge in [-0.25, -0.2) is 4.39 Å². The van der Waals surface area contributed by atoms with Crippen molar-refractivity contribution < 1.29 is 4.39 Å². The third-order valence-electron chi connectivity index (χ3n) is 3.35. The maximum absolute atomic E-state index is 13.7. The Morgan fingerprint density at radius 1 is 1.31 bits per heavy atom. The predicted octanol–water partition coefficient (Wildman–Crippen LogP) is 1.23. The van der Waals surface area contributed by atoms with E-state index in [9.17, 15) is 4.39 Å². The van der Waals surface area contributed by atoms with Crippen LogP contribution in [-0.4, -0.2) is 25.0 Å². The molecular formula is C12H14FN3. The molecule has 0 unspecified atom stereocenters. The van der Waals surface area contributed by atoms with Gasteiger partial charge in [0.1, 0.15) is 5.82 Å². The lowest BCUT2D eigenvalue weighted by Crippen LogP contribution is -2.48. The van der Waals surface area contributed by atoms with Crippen molar-refractivity contribution in [2.45, 2.75) is 24.5 Å². The van der Waals surface area contributed by atoms with Gasteiger partial charge in [-0.15, -0.1) is 0 Å². The van der Waals surface area contributed by atoms with Crippen LogP contribution in [0.25, 0.3) is 0 Å². The second-order valence-corrected chi connectivity index (χ2v) is 4.28. The zero-order valence-corrected chi connectivity index (χ0v) is 8.86. The van der Waals surface area contributed by atoms with E-state index < -0.39 is 0 Å². The van der Waals surface area contributed by atoms with Crippen LogP contribution in [0, 0.1) is 5.82 Å². The molecule has 16 heavy (non-hydrogen) atoms. The first-order valence-corrected chi connectivity index (χ1v) is 5.62. The van der Waals surface area contributed by atoms with Gasteiger partial charge in [0.2, 0.25) is 0 Å². The lowest BCUT2D eigenvalue weighted by molar-refractivity contribution is 0.314. The van der Waals surface area contributed by atoms with E-state index in [2.05, 4.69) is 15.6 Å². The van der Waals surface area contributed by atoms with E-state index in [1.807, 2.05) is 12.1 Å². The first-order chi connectivity index (χ1) is 7.86. The number of halogens is 1. The quantitative estimate of drug-likeness (QED) is 0.745. The Hall–Kier alpha value is -1.42. The van der Waals surface area contributed by atoms with Crippen molar-refractivity contribution >= 4 is 6.34 Å².